The van der Waals surface area contributed by atoms with Crippen LogP contribution in [0.1, 0.15) is 56.8 Å². The van der Waals surface area contributed by atoms with Gasteiger partial charge in [0.1, 0.15) is 5.82 Å². The van der Waals surface area contributed by atoms with Gasteiger partial charge >= 0.3 is 0 Å². The SMILES string of the molecule is CCNC(CCSc1nnc(C2CC2)n1C1CC1)C(N)=O. The fraction of sp³-hybridized carbons (Fsp3) is 0.786. The second-order valence-electron chi connectivity index (χ2n) is 5.87. The summed E-state index contributed by atoms with van der Waals surface area (Å²) < 4.78 is 2.34. The lowest BCUT2D eigenvalue weighted by molar-refractivity contribution is -0.120. The number of rotatable bonds is 9. The number of hydrogen-bond donors (Lipinski definition) is 2. The van der Waals surface area contributed by atoms with Crippen LogP contribution in [0.25, 0.3) is 0 Å². The lowest BCUT2D eigenvalue weighted by Crippen LogP contribution is -2.41. The smallest absolute Gasteiger partial charge is 0.234 e. The highest BCUT2D eigenvalue weighted by molar-refractivity contribution is 7.99. The fourth-order valence-electron chi connectivity index (χ4n) is 2.54. The van der Waals surface area contributed by atoms with Gasteiger partial charge in [0, 0.05) is 17.7 Å². The number of nitrogens with two attached hydrogens (primary N) is 1. The molecule has 1 aromatic rings. The molecule has 1 unspecified atom stereocenters. The lowest BCUT2D eigenvalue weighted by Gasteiger charge is -2.13. The second kappa shape index (κ2) is 6.36. The van der Waals surface area contributed by atoms with Crippen molar-refractivity contribution in [3.8, 4) is 0 Å². The zero-order valence-corrected chi connectivity index (χ0v) is 13.2. The predicted octanol–water partition coefficient (Wildman–Crippen LogP) is 1.44. The summed E-state index contributed by atoms with van der Waals surface area (Å²) in [7, 11) is 0. The summed E-state index contributed by atoms with van der Waals surface area (Å²) in [6.07, 6.45) is 5.71. The van der Waals surface area contributed by atoms with Crippen LogP contribution in [0.3, 0.4) is 0 Å². The third-order valence-electron chi connectivity index (χ3n) is 3.98. The molecule has 0 saturated heterocycles. The van der Waals surface area contributed by atoms with Crippen LogP contribution in [-0.2, 0) is 4.79 Å². The highest BCUT2D eigenvalue weighted by atomic mass is 32.2. The molecule has 1 atom stereocenters. The van der Waals surface area contributed by atoms with Crippen molar-refractivity contribution in [1.82, 2.24) is 20.1 Å². The molecule has 21 heavy (non-hydrogen) atoms. The normalized spacial score (nSPS) is 19.7. The van der Waals surface area contributed by atoms with Crippen molar-refractivity contribution in [2.75, 3.05) is 12.3 Å². The number of carbonyl (C=O) groups is 1. The number of aromatic nitrogens is 3. The molecule has 3 N–H and O–H groups in total. The van der Waals surface area contributed by atoms with Crippen LogP contribution in [0.5, 0.6) is 0 Å². The van der Waals surface area contributed by atoms with E-state index in [4.69, 9.17) is 5.73 Å². The first-order valence-electron chi connectivity index (χ1n) is 7.81. The van der Waals surface area contributed by atoms with E-state index in [-0.39, 0.29) is 11.9 Å². The van der Waals surface area contributed by atoms with Crippen LogP contribution >= 0.6 is 11.8 Å². The summed E-state index contributed by atoms with van der Waals surface area (Å²) in [4.78, 5) is 11.3. The van der Waals surface area contributed by atoms with Crippen LogP contribution in [0, 0.1) is 0 Å². The third kappa shape index (κ3) is 3.58. The highest BCUT2D eigenvalue weighted by Crippen LogP contribution is 2.46. The van der Waals surface area contributed by atoms with Crippen LogP contribution in [0.4, 0.5) is 0 Å². The maximum atomic E-state index is 11.3. The molecule has 1 amide bonds. The fourth-order valence-corrected chi connectivity index (χ4v) is 3.56. The van der Waals surface area contributed by atoms with Crippen molar-refractivity contribution in [1.29, 1.82) is 0 Å². The van der Waals surface area contributed by atoms with Gasteiger partial charge in [0.25, 0.3) is 0 Å². The summed E-state index contributed by atoms with van der Waals surface area (Å²) >= 11 is 1.69. The zero-order valence-electron chi connectivity index (χ0n) is 12.4. The molecule has 0 aromatic carbocycles. The van der Waals surface area contributed by atoms with E-state index >= 15 is 0 Å². The Morgan fingerprint density at radius 2 is 2.19 bits per heavy atom. The van der Waals surface area contributed by atoms with Crippen LogP contribution in [0.15, 0.2) is 5.16 Å². The molecule has 1 aromatic heterocycles. The Kier molecular flexibility index (Phi) is 4.49. The van der Waals surface area contributed by atoms with E-state index in [0.717, 1.165) is 23.9 Å². The maximum absolute atomic E-state index is 11.3. The molecule has 2 saturated carbocycles. The Hall–Kier alpha value is -1.08. The molecule has 0 bridgehead atoms. The molecule has 6 nitrogen and oxygen atoms in total. The molecule has 3 rings (SSSR count). The summed E-state index contributed by atoms with van der Waals surface area (Å²) in [6, 6.07) is 0.363. The van der Waals surface area contributed by atoms with E-state index in [9.17, 15) is 4.79 Å². The van der Waals surface area contributed by atoms with E-state index in [1.54, 1.807) is 11.8 Å². The Balaban J connectivity index is 1.59. The lowest BCUT2D eigenvalue weighted by atomic mass is 10.2. The molecule has 2 fully saturated rings. The van der Waals surface area contributed by atoms with E-state index in [0.29, 0.717) is 12.0 Å². The van der Waals surface area contributed by atoms with Crippen LogP contribution in [0.2, 0.25) is 0 Å². The molecule has 2 aliphatic rings. The van der Waals surface area contributed by atoms with Crippen molar-refractivity contribution in [2.24, 2.45) is 5.73 Å². The second-order valence-corrected chi connectivity index (χ2v) is 6.93. The quantitative estimate of drug-likeness (QED) is 0.674. The van der Waals surface area contributed by atoms with Gasteiger partial charge in [-0.05, 0) is 38.6 Å². The van der Waals surface area contributed by atoms with Gasteiger partial charge in [-0.2, -0.15) is 0 Å². The first-order chi connectivity index (χ1) is 10.2. The first-order valence-corrected chi connectivity index (χ1v) is 8.79. The van der Waals surface area contributed by atoms with Gasteiger partial charge in [-0.25, -0.2) is 0 Å². The van der Waals surface area contributed by atoms with Crippen LogP contribution < -0.4 is 11.1 Å². The van der Waals surface area contributed by atoms with Gasteiger partial charge in [-0.3, -0.25) is 4.79 Å². The van der Waals surface area contributed by atoms with Crippen molar-refractivity contribution >= 4 is 17.7 Å². The average Bonchev–Trinajstić information content (AvgIpc) is 3.37. The standard InChI is InChI=1S/C14H23N5OS/c1-2-16-11(12(15)20)7-8-21-14-18-17-13(9-3-4-9)19(14)10-5-6-10/h9-11,16H,2-8H2,1H3,(H2,15,20). The molecular weight excluding hydrogens is 286 g/mol. The topological polar surface area (TPSA) is 85.8 Å². The molecule has 0 aliphatic heterocycles. The predicted molar refractivity (Wildman–Crippen MR) is 82.3 cm³/mol. The van der Waals surface area contributed by atoms with Gasteiger partial charge in [0.05, 0.1) is 6.04 Å². The molecule has 7 heteroatoms. The number of amides is 1. The van der Waals surface area contributed by atoms with E-state index in [2.05, 4.69) is 20.1 Å². The number of thioether (sulfide) groups is 1. The summed E-state index contributed by atoms with van der Waals surface area (Å²) in [5, 5.41) is 12.9. The Bertz CT molecular complexity index is 509. The first kappa shape index (κ1) is 14.8. The molecule has 1 heterocycles. The summed E-state index contributed by atoms with van der Waals surface area (Å²) in [5.41, 5.74) is 5.40. The van der Waals surface area contributed by atoms with E-state index < -0.39 is 0 Å². The van der Waals surface area contributed by atoms with E-state index in [1.807, 2.05) is 6.92 Å². The minimum atomic E-state index is -0.278. The Labute approximate surface area is 129 Å². The number of likely N-dealkylation sites (N-methyl/N-ethyl adjacent to an activating group) is 1. The number of nitrogens with one attached hydrogen (secondary N) is 1. The van der Waals surface area contributed by atoms with Gasteiger partial charge in [-0.1, -0.05) is 18.7 Å². The number of primary amides is 1. The van der Waals surface area contributed by atoms with E-state index in [1.165, 1.54) is 31.5 Å². The Morgan fingerprint density at radius 1 is 1.43 bits per heavy atom. The van der Waals surface area contributed by atoms with Gasteiger partial charge < -0.3 is 15.6 Å². The molecule has 116 valence electrons. The van der Waals surface area contributed by atoms with Crippen molar-refractivity contribution in [3.63, 3.8) is 0 Å². The monoisotopic (exact) mass is 309 g/mol. The highest BCUT2D eigenvalue weighted by Gasteiger charge is 2.36. The van der Waals surface area contributed by atoms with Crippen molar-refractivity contribution in [3.05, 3.63) is 5.82 Å². The van der Waals surface area contributed by atoms with Crippen molar-refractivity contribution in [2.45, 2.75) is 62.2 Å². The molecule has 0 spiro atoms. The maximum Gasteiger partial charge on any atom is 0.234 e. The summed E-state index contributed by atoms with van der Waals surface area (Å²) in [5.74, 6) is 2.36. The third-order valence-corrected chi connectivity index (χ3v) is 4.95. The minimum absolute atomic E-state index is 0.248. The van der Waals surface area contributed by atoms with Crippen molar-refractivity contribution < 1.29 is 4.79 Å². The van der Waals surface area contributed by atoms with Gasteiger partial charge in [0.15, 0.2) is 5.16 Å². The molecule has 2 aliphatic carbocycles. The number of hydrogen-bond acceptors (Lipinski definition) is 5. The summed E-state index contributed by atoms with van der Waals surface area (Å²) in [6.45, 7) is 2.73. The number of carbonyl (C=O) groups excluding carboxylic acids is 1. The Morgan fingerprint density at radius 3 is 2.76 bits per heavy atom. The van der Waals surface area contributed by atoms with Gasteiger partial charge in [0.2, 0.25) is 5.91 Å². The molecular formula is C14H23N5OS. The van der Waals surface area contributed by atoms with Gasteiger partial charge in [-0.15, -0.1) is 10.2 Å². The average molecular weight is 309 g/mol. The zero-order chi connectivity index (χ0) is 14.8. The largest absolute Gasteiger partial charge is 0.368 e. The minimum Gasteiger partial charge on any atom is -0.368 e. The number of nitrogens with zero attached hydrogens (tertiary/aromatic N) is 3. The van der Waals surface area contributed by atoms with Crippen LogP contribution in [-0.4, -0.2) is 39.0 Å². The molecule has 0 radical (unpaired) electrons.